The van der Waals surface area contributed by atoms with Crippen LogP contribution in [0.3, 0.4) is 0 Å². The van der Waals surface area contributed by atoms with Crippen molar-refractivity contribution in [3.8, 4) is 0 Å². The van der Waals surface area contributed by atoms with Crippen LogP contribution in [0.5, 0.6) is 0 Å². The first-order chi connectivity index (χ1) is 32.2. The second-order valence-corrected chi connectivity index (χ2v) is 19.0. The third kappa shape index (κ3) is 43.1. The number of nitrogens with zero attached hydrogens (tertiary/aromatic N) is 1. The summed E-state index contributed by atoms with van der Waals surface area (Å²) in [6, 6.07) is -2.49. The molecule has 7 N–H and O–H groups in total. The Morgan fingerprint density at radius 1 is 0.567 bits per heavy atom. The zero-order valence-electron chi connectivity index (χ0n) is 42.9. The summed E-state index contributed by atoms with van der Waals surface area (Å²) in [5.74, 6) is -3.43. The molecule has 14 heteroatoms. The number of carbonyl (C=O) groups excluding carboxylic acids is 5. The number of carbonyl (C=O) groups is 5. The van der Waals surface area contributed by atoms with E-state index in [0.29, 0.717) is 19.3 Å². The number of hydrogen-bond donors (Lipinski definition) is 4. The van der Waals surface area contributed by atoms with Crippen LogP contribution >= 0.6 is 0 Å². The normalized spacial score (nSPS) is 13.0. The van der Waals surface area contributed by atoms with E-state index in [1.807, 2.05) is 0 Å². The maximum atomic E-state index is 13.5. The fourth-order valence-electron chi connectivity index (χ4n) is 7.25. The van der Waals surface area contributed by atoms with E-state index in [2.05, 4.69) is 48.5 Å². The Kier molecular flexibility index (Phi) is 40.8. The summed E-state index contributed by atoms with van der Waals surface area (Å²) < 4.78 is 22.1. The van der Waals surface area contributed by atoms with Gasteiger partial charge in [0.05, 0.1) is 12.5 Å². The molecule has 0 rings (SSSR count). The van der Waals surface area contributed by atoms with Gasteiger partial charge in [-0.1, -0.05) is 141 Å². The number of allylic oxidation sites excluding steroid dienone is 4. The van der Waals surface area contributed by atoms with Crippen LogP contribution in [0.25, 0.3) is 0 Å². The van der Waals surface area contributed by atoms with Gasteiger partial charge in [-0.15, -0.1) is 0 Å². The second-order valence-electron chi connectivity index (χ2n) is 19.0. The van der Waals surface area contributed by atoms with Crippen molar-refractivity contribution in [1.29, 1.82) is 0 Å². The van der Waals surface area contributed by atoms with Gasteiger partial charge >= 0.3 is 23.9 Å². The first kappa shape index (κ1) is 63.1. The third-order valence-electron chi connectivity index (χ3n) is 11.1. The van der Waals surface area contributed by atoms with Crippen molar-refractivity contribution in [2.24, 2.45) is 22.2 Å². The number of guanidine groups is 1. The quantitative estimate of drug-likeness (QED) is 0.0112. The predicted octanol–water partition coefficient (Wildman–Crippen LogP) is 10.7. The zero-order chi connectivity index (χ0) is 49.8. The Hall–Kier alpha value is -3.94. The van der Waals surface area contributed by atoms with Gasteiger partial charge in [-0.3, -0.25) is 24.2 Å². The summed E-state index contributed by atoms with van der Waals surface area (Å²) in [6.07, 6.45) is 38.1. The van der Waals surface area contributed by atoms with Gasteiger partial charge < -0.3 is 41.5 Å². The molecule has 1 amide bonds. The van der Waals surface area contributed by atoms with Gasteiger partial charge in [0.15, 0.2) is 12.1 Å². The molecule has 1 unspecified atom stereocenters. The van der Waals surface area contributed by atoms with Gasteiger partial charge in [-0.25, -0.2) is 4.79 Å². The van der Waals surface area contributed by atoms with Gasteiger partial charge in [0.25, 0.3) is 0 Å². The Morgan fingerprint density at radius 2 is 1.00 bits per heavy atom. The SMILES string of the molecule is CCCCCCCC/C=C\CCCCCCCC(=O)OCC(COC(=O)[C@H](CC(=O)OC(C)(C)C)NC(=O)[C@@H](N)CCCN=C(N)N)OC(=O)CCCCCCC/C=C\CCCCCCCC. The highest BCUT2D eigenvalue weighted by Gasteiger charge is 2.31. The van der Waals surface area contributed by atoms with Crippen molar-refractivity contribution < 1.29 is 42.9 Å². The summed E-state index contributed by atoms with van der Waals surface area (Å²) in [6.45, 7) is 8.98. The minimum absolute atomic E-state index is 0.0848. The number of esters is 4. The molecule has 0 saturated heterocycles. The van der Waals surface area contributed by atoms with Gasteiger partial charge in [0.1, 0.15) is 24.9 Å². The first-order valence-electron chi connectivity index (χ1n) is 26.3. The largest absolute Gasteiger partial charge is 0.462 e. The number of amides is 1. The lowest BCUT2D eigenvalue weighted by Crippen LogP contribution is -2.50. The number of rotatable bonds is 44. The molecule has 0 aliphatic rings. The average molecular weight is 948 g/mol. The average Bonchev–Trinajstić information content (AvgIpc) is 3.27. The molecule has 0 aromatic carbocycles. The zero-order valence-corrected chi connectivity index (χ0v) is 42.9. The molecule has 14 nitrogen and oxygen atoms in total. The molecular weight excluding hydrogens is 851 g/mol. The standard InChI is InChI=1S/C53H97N5O9/c1-6-8-10-12-14-16-18-20-22-24-26-28-30-32-34-38-47(59)64-42-44(66-48(60)39-35-33-31-29-27-25-23-21-19-17-15-13-11-9-7-2)43-65-51(63)46(41-49(61)67-53(3,4)5)58-50(62)45(54)37-36-40-57-52(55)56/h20-23,44-46H,6-19,24-43,54H2,1-5H3,(H,58,62)(H4,55,56,57)/b22-20-,23-21-/t44?,45-,46-/m0/s1. The number of unbranched alkanes of at least 4 members (excludes halogenated alkanes) is 22. The highest BCUT2D eigenvalue weighted by atomic mass is 16.6. The van der Waals surface area contributed by atoms with Gasteiger partial charge in [-0.05, 0) is 97.8 Å². The van der Waals surface area contributed by atoms with E-state index in [9.17, 15) is 24.0 Å². The summed E-state index contributed by atoms with van der Waals surface area (Å²) in [7, 11) is 0. The van der Waals surface area contributed by atoms with Gasteiger partial charge in [0, 0.05) is 19.4 Å². The molecule has 388 valence electrons. The van der Waals surface area contributed by atoms with E-state index in [-0.39, 0.29) is 38.4 Å². The molecular formula is C53H97N5O9. The van der Waals surface area contributed by atoms with Crippen LogP contribution < -0.4 is 22.5 Å². The van der Waals surface area contributed by atoms with E-state index >= 15 is 0 Å². The van der Waals surface area contributed by atoms with E-state index < -0.39 is 66.6 Å². The second kappa shape index (κ2) is 43.3. The first-order valence-corrected chi connectivity index (χ1v) is 26.3. The molecule has 0 aliphatic carbocycles. The predicted molar refractivity (Wildman–Crippen MR) is 271 cm³/mol. The van der Waals surface area contributed by atoms with Crippen LogP contribution in [0.4, 0.5) is 0 Å². The van der Waals surface area contributed by atoms with E-state index in [4.69, 9.17) is 36.1 Å². The lowest BCUT2D eigenvalue weighted by molar-refractivity contribution is -0.169. The smallest absolute Gasteiger partial charge is 0.329 e. The Labute approximate surface area is 406 Å². The molecule has 0 heterocycles. The van der Waals surface area contributed by atoms with Crippen LogP contribution in [-0.4, -0.2) is 79.3 Å². The van der Waals surface area contributed by atoms with Crippen molar-refractivity contribution >= 4 is 35.7 Å². The number of aliphatic imine (C=N–C) groups is 1. The summed E-state index contributed by atoms with van der Waals surface area (Å²) in [5, 5.41) is 2.51. The number of hydrogen-bond acceptors (Lipinski definition) is 11. The maximum Gasteiger partial charge on any atom is 0.329 e. The van der Waals surface area contributed by atoms with Crippen LogP contribution in [0.1, 0.15) is 234 Å². The van der Waals surface area contributed by atoms with Gasteiger partial charge in [0.2, 0.25) is 5.91 Å². The van der Waals surface area contributed by atoms with Crippen LogP contribution in [0.2, 0.25) is 0 Å². The van der Waals surface area contributed by atoms with Crippen molar-refractivity contribution in [3.05, 3.63) is 24.3 Å². The fraction of sp³-hybridized carbons (Fsp3) is 0.811. The highest BCUT2D eigenvalue weighted by Crippen LogP contribution is 2.15. The Morgan fingerprint density at radius 3 is 1.46 bits per heavy atom. The molecule has 0 spiro atoms. The molecule has 0 aromatic rings. The lowest BCUT2D eigenvalue weighted by Gasteiger charge is -2.24. The fourth-order valence-corrected chi connectivity index (χ4v) is 7.25. The van der Waals surface area contributed by atoms with Crippen molar-refractivity contribution in [2.45, 2.75) is 257 Å². The highest BCUT2D eigenvalue weighted by molar-refractivity contribution is 5.90. The number of ether oxygens (including phenoxy) is 4. The topological polar surface area (TPSA) is 225 Å². The van der Waals surface area contributed by atoms with Crippen LogP contribution in [0.15, 0.2) is 29.3 Å². The Bertz CT molecular complexity index is 1380. The third-order valence-corrected chi connectivity index (χ3v) is 11.1. The van der Waals surface area contributed by atoms with Crippen molar-refractivity contribution in [1.82, 2.24) is 5.32 Å². The van der Waals surface area contributed by atoms with Gasteiger partial charge in [-0.2, -0.15) is 0 Å². The molecule has 0 aliphatic heterocycles. The molecule has 3 atom stereocenters. The molecule has 0 radical (unpaired) electrons. The van der Waals surface area contributed by atoms with E-state index in [0.717, 1.165) is 77.0 Å². The van der Waals surface area contributed by atoms with Crippen LogP contribution in [-0.2, 0) is 42.9 Å². The number of nitrogens with one attached hydrogen (secondary N) is 1. The molecule has 67 heavy (non-hydrogen) atoms. The summed E-state index contributed by atoms with van der Waals surface area (Å²) in [5.41, 5.74) is 16.0. The van der Waals surface area contributed by atoms with E-state index in [1.165, 1.54) is 77.0 Å². The number of nitrogens with two attached hydrogens (primary N) is 3. The monoisotopic (exact) mass is 948 g/mol. The van der Waals surface area contributed by atoms with E-state index in [1.54, 1.807) is 20.8 Å². The maximum absolute atomic E-state index is 13.5. The lowest BCUT2D eigenvalue weighted by atomic mass is 10.1. The molecule has 0 aromatic heterocycles. The summed E-state index contributed by atoms with van der Waals surface area (Å²) in [4.78, 5) is 69.0. The van der Waals surface area contributed by atoms with Crippen molar-refractivity contribution in [2.75, 3.05) is 19.8 Å². The Balaban J connectivity index is 5.20. The van der Waals surface area contributed by atoms with Crippen molar-refractivity contribution in [3.63, 3.8) is 0 Å². The molecule has 0 fully saturated rings. The summed E-state index contributed by atoms with van der Waals surface area (Å²) >= 11 is 0. The van der Waals surface area contributed by atoms with Crippen LogP contribution in [0, 0.1) is 0 Å². The molecule has 0 bridgehead atoms. The minimum atomic E-state index is -1.46. The molecule has 0 saturated carbocycles. The minimum Gasteiger partial charge on any atom is -0.462 e.